The molecule has 0 bridgehead atoms. The molecule has 1 unspecified atom stereocenters. The topological polar surface area (TPSA) is 43.4 Å². The smallest absolute Gasteiger partial charge is 0.337 e. The number of ether oxygens (including phenoxy) is 1. The van der Waals surface area contributed by atoms with Crippen LogP contribution in [0, 0.1) is 5.92 Å². The second-order valence-corrected chi connectivity index (χ2v) is 6.89. The van der Waals surface area contributed by atoms with Gasteiger partial charge in [0.25, 0.3) is 0 Å². The number of Topliss-reactive ketones (excluding diaryl/α,β-unsaturated/α-hetero) is 1. The van der Waals surface area contributed by atoms with Crippen LogP contribution in [0.3, 0.4) is 0 Å². The zero-order valence-corrected chi connectivity index (χ0v) is 16.7. The highest BCUT2D eigenvalue weighted by atomic mass is 16.5. The number of hydrogen-bond acceptors (Lipinski definition) is 3. The van der Waals surface area contributed by atoms with Crippen molar-refractivity contribution in [2.45, 2.75) is 32.6 Å². The molecule has 0 amide bonds. The molecule has 2 rings (SSSR count). The predicted molar refractivity (Wildman–Crippen MR) is 115 cm³/mol. The Morgan fingerprint density at radius 1 is 1.21 bits per heavy atom. The first-order valence-electron chi connectivity index (χ1n) is 9.60. The lowest BCUT2D eigenvalue weighted by Gasteiger charge is -2.10. The lowest BCUT2D eigenvalue weighted by atomic mass is 9.95. The molecule has 0 radical (unpaired) electrons. The Kier molecular flexibility index (Phi) is 8.41. The summed E-state index contributed by atoms with van der Waals surface area (Å²) in [6, 6.07) is 7.38. The molecule has 0 saturated carbocycles. The van der Waals surface area contributed by atoms with E-state index in [2.05, 4.69) is 49.1 Å². The molecule has 3 nitrogen and oxygen atoms in total. The van der Waals surface area contributed by atoms with Crippen molar-refractivity contribution in [2.24, 2.45) is 5.92 Å². The fourth-order valence-corrected chi connectivity index (χ4v) is 2.83. The van der Waals surface area contributed by atoms with Crippen molar-refractivity contribution in [2.75, 3.05) is 7.11 Å². The lowest BCUT2D eigenvalue weighted by molar-refractivity contribution is -0.113. The number of ketones is 1. The van der Waals surface area contributed by atoms with E-state index in [9.17, 15) is 9.59 Å². The summed E-state index contributed by atoms with van der Waals surface area (Å²) >= 11 is 0. The van der Waals surface area contributed by atoms with Gasteiger partial charge in [0.05, 0.1) is 12.7 Å². The highest BCUT2D eigenvalue weighted by Gasteiger charge is 2.05. The molecule has 1 aromatic carbocycles. The minimum Gasteiger partial charge on any atom is -0.465 e. The Balaban J connectivity index is 1.77. The molecule has 146 valence electrons. The molecule has 0 N–H and O–H groups in total. The van der Waals surface area contributed by atoms with Gasteiger partial charge < -0.3 is 4.74 Å². The van der Waals surface area contributed by atoms with E-state index >= 15 is 0 Å². The van der Waals surface area contributed by atoms with Crippen molar-refractivity contribution in [1.82, 2.24) is 0 Å². The first-order chi connectivity index (χ1) is 13.5. The molecule has 1 aliphatic rings. The predicted octanol–water partition coefficient (Wildman–Crippen LogP) is 5.86. The molecule has 0 aliphatic heterocycles. The molecule has 0 heterocycles. The third-order valence-electron chi connectivity index (χ3n) is 4.69. The van der Waals surface area contributed by atoms with E-state index < -0.39 is 0 Å². The van der Waals surface area contributed by atoms with Crippen LogP contribution in [0.2, 0.25) is 0 Å². The van der Waals surface area contributed by atoms with Crippen molar-refractivity contribution >= 4 is 17.8 Å². The van der Waals surface area contributed by atoms with Gasteiger partial charge in [0.2, 0.25) is 0 Å². The zero-order chi connectivity index (χ0) is 20.4. The van der Waals surface area contributed by atoms with Crippen molar-refractivity contribution in [3.8, 4) is 0 Å². The molecule has 0 saturated heterocycles. The van der Waals surface area contributed by atoms with E-state index in [1.807, 2.05) is 12.1 Å². The SMILES string of the molecule is C=C(CCCC=CC1=CCC(C=Cc2ccc(C(=O)OC)cc2)C=C1)C(C)=O. The molecule has 1 aliphatic carbocycles. The third kappa shape index (κ3) is 6.99. The lowest BCUT2D eigenvalue weighted by Crippen LogP contribution is -2.00. The number of unbranched alkanes of at least 4 members (excludes halogenated alkanes) is 1. The van der Waals surface area contributed by atoms with Gasteiger partial charge in [0.1, 0.15) is 0 Å². The standard InChI is InChI=1S/C25H28O3/c1-19(20(2)26)7-5-4-6-8-21-9-11-22(12-10-21)13-14-23-15-17-24(18-16-23)25(27)28-3/h6,8-11,13-18,22H,1,4-5,7,12H2,2-3H3. The van der Waals surface area contributed by atoms with Crippen molar-refractivity contribution in [3.05, 3.63) is 89.6 Å². The van der Waals surface area contributed by atoms with Gasteiger partial charge >= 0.3 is 5.97 Å². The Morgan fingerprint density at radius 3 is 2.57 bits per heavy atom. The summed E-state index contributed by atoms with van der Waals surface area (Å²) in [5, 5.41) is 0. The third-order valence-corrected chi connectivity index (χ3v) is 4.69. The van der Waals surface area contributed by atoms with E-state index in [1.54, 1.807) is 19.1 Å². The average Bonchev–Trinajstić information content (AvgIpc) is 2.72. The van der Waals surface area contributed by atoms with E-state index in [4.69, 9.17) is 4.74 Å². The van der Waals surface area contributed by atoms with Gasteiger partial charge in [-0.25, -0.2) is 4.79 Å². The van der Waals surface area contributed by atoms with Crippen LogP contribution >= 0.6 is 0 Å². The molecule has 0 fully saturated rings. The quantitative estimate of drug-likeness (QED) is 0.308. The monoisotopic (exact) mass is 376 g/mol. The minimum atomic E-state index is -0.319. The first kappa shape index (κ1) is 21.4. The van der Waals surface area contributed by atoms with E-state index in [0.29, 0.717) is 17.1 Å². The van der Waals surface area contributed by atoms with E-state index in [1.165, 1.54) is 12.7 Å². The molecule has 1 atom stereocenters. The van der Waals surface area contributed by atoms with Crippen LogP contribution in [0.4, 0.5) is 0 Å². The Labute approximate surface area is 167 Å². The summed E-state index contributed by atoms with van der Waals surface area (Å²) in [4.78, 5) is 22.6. The van der Waals surface area contributed by atoms with Crippen LogP contribution in [-0.2, 0) is 9.53 Å². The summed E-state index contributed by atoms with van der Waals surface area (Å²) in [6.45, 7) is 5.35. The Bertz CT molecular complexity index is 820. The van der Waals surface area contributed by atoms with Crippen LogP contribution in [0.5, 0.6) is 0 Å². The van der Waals surface area contributed by atoms with Crippen molar-refractivity contribution in [1.29, 1.82) is 0 Å². The summed E-state index contributed by atoms with van der Waals surface area (Å²) in [7, 11) is 1.38. The number of carbonyl (C=O) groups excluding carboxylic acids is 2. The van der Waals surface area contributed by atoms with Crippen LogP contribution in [0.15, 0.2) is 78.4 Å². The maximum absolute atomic E-state index is 11.5. The molecular weight excluding hydrogens is 348 g/mol. The first-order valence-corrected chi connectivity index (χ1v) is 9.60. The average molecular weight is 376 g/mol. The number of methoxy groups -OCH3 is 1. The second kappa shape index (κ2) is 11.0. The number of hydrogen-bond donors (Lipinski definition) is 0. The number of benzene rings is 1. The van der Waals surface area contributed by atoms with Gasteiger partial charge in [-0.1, -0.05) is 61.2 Å². The Hall–Kier alpha value is -2.94. The number of esters is 1. The molecule has 0 spiro atoms. The number of allylic oxidation sites excluding steroid dienone is 8. The number of carbonyl (C=O) groups is 2. The fraction of sp³-hybridized carbons (Fsp3) is 0.280. The van der Waals surface area contributed by atoms with E-state index in [0.717, 1.165) is 31.2 Å². The van der Waals surface area contributed by atoms with Gasteiger partial charge in [-0.05, 0) is 67.4 Å². The van der Waals surface area contributed by atoms with Gasteiger partial charge in [-0.3, -0.25) is 4.79 Å². The molecule has 28 heavy (non-hydrogen) atoms. The normalized spacial score (nSPS) is 16.4. The second-order valence-electron chi connectivity index (χ2n) is 6.89. The van der Waals surface area contributed by atoms with Crippen LogP contribution in [0.25, 0.3) is 6.08 Å². The molecular formula is C25H28O3. The van der Waals surface area contributed by atoms with Gasteiger partial charge in [0, 0.05) is 0 Å². The summed E-state index contributed by atoms with van der Waals surface area (Å²) in [6.07, 6.45) is 18.8. The van der Waals surface area contributed by atoms with E-state index in [-0.39, 0.29) is 11.8 Å². The van der Waals surface area contributed by atoms with Crippen LogP contribution in [-0.4, -0.2) is 18.9 Å². The molecule has 1 aromatic rings. The summed E-state index contributed by atoms with van der Waals surface area (Å²) in [5.74, 6) is 0.136. The summed E-state index contributed by atoms with van der Waals surface area (Å²) in [5.41, 5.74) is 3.54. The number of rotatable bonds is 9. The fourth-order valence-electron chi connectivity index (χ4n) is 2.83. The largest absolute Gasteiger partial charge is 0.465 e. The van der Waals surface area contributed by atoms with Crippen molar-refractivity contribution < 1.29 is 14.3 Å². The van der Waals surface area contributed by atoms with Gasteiger partial charge in [-0.15, -0.1) is 0 Å². The highest BCUT2D eigenvalue weighted by Crippen LogP contribution is 2.20. The molecule has 3 heteroatoms. The Morgan fingerprint density at radius 2 is 1.96 bits per heavy atom. The van der Waals surface area contributed by atoms with Crippen LogP contribution < -0.4 is 0 Å². The molecule has 0 aromatic heterocycles. The highest BCUT2D eigenvalue weighted by molar-refractivity contribution is 5.92. The minimum absolute atomic E-state index is 0.0837. The maximum Gasteiger partial charge on any atom is 0.337 e. The van der Waals surface area contributed by atoms with Crippen molar-refractivity contribution in [3.63, 3.8) is 0 Å². The van der Waals surface area contributed by atoms with Gasteiger partial charge in [-0.2, -0.15) is 0 Å². The van der Waals surface area contributed by atoms with Crippen LogP contribution in [0.1, 0.15) is 48.5 Å². The van der Waals surface area contributed by atoms with Gasteiger partial charge in [0.15, 0.2) is 5.78 Å². The maximum atomic E-state index is 11.5. The summed E-state index contributed by atoms with van der Waals surface area (Å²) < 4.78 is 4.71. The zero-order valence-electron chi connectivity index (χ0n) is 16.7.